The van der Waals surface area contributed by atoms with Crippen molar-refractivity contribution in [1.82, 2.24) is 0 Å². The van der Waals surface area contributed by atoms with E-state index in [4.69, 9.17) is 12.2 Å². The maximum atomic E-state index is 4.69. The molecule has 0 bridgehead atoms. The highest BCUT2D eigenvalue weighted by Gasteiger charge is 2.45. The van der Waals surface area contributed by atoms with Crippen LogP contribution in [0.3, 0.4) is 0 Å². The highest BCUT2D eigenvalue weighted by atomic mass is 32.1. The molecule has 2 aliphatic rings. The van der Waals surface area contributed by atoms with E-state index in [9.17, 15) is 0 Å². The zero-order chi connectivity index (χ0) is 13.2. The molecule has 0 N–H and O–H groups in total. The summed E-state index contributed by atoms with van der Waals surface area (Å²) < 4.78 is 0. The molecule has 1 nitrogen and oxygen atoms in total. The van der Waals surface area contributed by atoms with Crippen molar-refractivity contribution in [2.75, 3.05) is 6.54 Å². The lowest BCUT2D eigenvalue weighted by Crippen LogP contribution is -2.25. The molecule has 2 heteroatoms. The van der Waals surface area contributed by atoms with Gasteiger partial charge in [-0.05, 0) is 67.5 Å². The van der Waals surface area contributed by atoms with Crippen LogP contribution >= 0.6 is 12.2 Å². The minimum absolute atomic E-state index is 0.540. The molecular weight excluding hydrogens is 238 g/mol. The minimum Gasteiger partial charge on any atom is -0.228 e. The van der Waals surface area contributed by atoms with Gasteiger partial charge < -0.3 is 0 Å². The Kier molecular flexibility index (Phi) is 4.40. The van der Waals surface area contributed by atoms with E-state index in [0.717, 1.165) is 24.3 Å². The Morgan fingerprint density at radius 1 is 1.50 bits per heavy atom. The van der Waals surface area contributed by atoms with Gasteiger partial charge in [0.05, 0.1) is 11.7 Å². The van der Waals surface area contributed by atoms with Gasteiger partial charge in [-0.15, -0.1) is 0 Å². The van der Waals surface area contributed by atoms with Gasteiger partial charge in [-0.3, -0.25) is 0 Å². The number of rotatable bonds is 3. The maximum Gasteiger partial charge on any atom is 0.0703 e. The number of thiocarbonyl (C=S) groups is 1. The van der Waals surface area contributed by atoms with Crippen molar-refractivity contribution in [3.05, 3.63) is 11.6 Å². The second-order valence-electron chi connectivity index (χ2n) is 6.71. The van der Waals surface area contributed by atoms with Crippen LogP contribution in [0.25, 0.3) is 0 Å². The third-order valence-electron chi connectivity index (χ3n) is 5.18. The molecule has 0 heterocycles. The molecule has 0 aromatic heterocycles. The van der Waals surface area contributed by atoms with Gasteiger partial charge in [-0.2, -0.15) is 0 Å². The van der Waals surface area contributed by atoms with Crippen molar-refractivity contribution in [2.24, 2.45) is 28.2 Å². The largest absolute Gasteiger partial charge is 0.228 e. The van der Waals surface area contributed by atoms with E-state index in [-0.39, 0.29) is 0 Å². The average molecular weight is 263 g/mol. The van der Waals surface area contributed by atoms with E-state index in [2.05, 4.69) is 37.0 Å². The monoisotopic (exact) mass is 263 g/mol. The van der Waals surface area contributed by atoms with Gasteiger partial charge in [-0.25, -0.2) is 4.99 Å². The van der Waals surface area contributed by atoms with Gasteiger partial charge in [0.1, 0.15) is 0 Å². The summed E-state index contributed by atoms with van der Waals surface area (Å²) in [4.78, 5) is 4.14. The van der Waals surface area contributed by atoms with E-state index in [1.165, 1.54) is 37.7 Å². The Morgan fingerprint density at radius 3 is 2.94 bits per heavy atom. The minimum atomic E-state index is 0.540. The third kappa shape index (κ3) is 2.75. The normalized spacial score (nSPS) is 35.7. The molecule has 0 saturated heterocycles. The highest BCUT2D eigenvalue weighted by molar-refractivity contribution is 7.78. The molecule has 1 fully saturated rings. The van der Waals surface area contributed by atoms with Crippen molar-refractivity contribution >= 4 is 17.4 Å². The lowest BCUT2D eigenvalue weighted by molar-refractivity contribution is 0.200. The topological polar surface area (TPSA) is 12.4 Å². The van der Waals surface area contributed by atoms with Crippen molar-refractivity contribution in [1.29, 1.82) is 0 Å². The Hall–Kier alpha value is -0.460. The average Bonchev–Trinajstić information content (AvgIpc) is 2.55. The Bertz CT molecular complexity index is 379. The molecule has 0 radical (unpaired) electrons. The van der Waals surface area contributed by atoms with Crippen molar-refractivity contribution < 1.29 is 0 Å². The van der Waals surface area contributed by atoms with Gasteiger partial charge in [0.25, 0.3) is 0 Å². The molecule has 100 valence electrons. The van der Waals surface area contributed by atoms with Crippen LogP contribution in [0.5, 0.6) is 0 Å². The summed E-state index contributed by atoms with van der Waals surface area (Å²) in [5, 5.41) is 2.51. The number of fused-ring (bicyclic) bond motifs is 1. The van der Waals surface area contributed by atoms with Crippen LogP contribution in [-0.2, 0) is 0 Å². The molecule has 2 aliphatic carbocycles. The number of hydrogen-bond acceptors (Lipinski definition) is 2. The third-order valence-corrected chi connectivity index (χ3v) is 5.31. The summed E-state index contributed by atoms with van der Waals surface area (Å²) in [6.45, 7) is 8.04. The summed E-state index contributed by atoms with van der Waals surface area (Å²) in [6, 6.07) is 0. The zero-order valence-corrected chi connectivity index (χ0v) is 12.7. The number of aliphatic imine (C=N–C) groups is 1. The Balaban J connectivity index is 2.24. The van der Waals surface area contributed by atoms with E-state index in [1.54, 1.807) is 0 Å². The van der Waals surface area contributed by atoms with Crippen molar-refractivity contribution in [3.63, 3.8) is 0 Å². The molecule has 3 atom stereocenters. The van der Waals surface area contributed by atoms with E-state index >= 15 is 0 Å². The van der Waals surface area contributed by atoms with Crippen LogP contribution in [0.2, 0.25) is 0 Å². The standard InChI is InChI=1S/C16H25NS/c1-12(2)14-6-8-16(3)7-4-5-13(9-15(14)16)10-17-11-18/h9,12,14-15H,4-8,10H2,1-3H3. The number of allylic oxidation sites excluding steroid dienone is 1. The van der Waals surface area contributed by atoms with Gasteiger partial charge in [0, 0.05) is 0 Å². The van der Waals surface area contributed by atoms with Crippen LogP contribution in [0, 0.1) is 23.2 Å². The first-order chi connectivity index (χ1) is 8.57. The zero-order valence-electron chi connectivity index (χ0n) is 11.9. The smallest absolute Gasteiger partial charge is 0.0703 e. The fourth-order valence-corrected chi connectivity index (χ4v) is 4.11. The molecular formula is C16H25NS. The van der Waals surface area contributed by atoms with Crippen LogP contribution in [-0.4, -0.2) is 11.7 Å². The molecule has 0 aliphatic heterocycles. The predicted molar refractivity (Wildman–Crippen MR) is 81.0 cm³/mol. The van der Waals surface area contributed by atoms with Gasteiger partial charge >= 0.3 is 0 Å². The fraction of sp³-hybridized carbons (Fsp3) is 0.812. The predicted octanol–water partition coefficient (Wildman–Crippen LogP) is 4.89. The van der Waals surface area contributed by atoms with Gasteiger partial charge in [0.2, 0.25) is 0 Å². The second kappa shape index (κ2) is 5.67. The molecule has 2 rings (SSSR count). The van der Waals surface area contributed by atoms with E-state index < -0.39 is 0 Å². The molecule has 3 unspecified atom stereocenters. The molecule has 1 saturated carbocycles. The van der Waals surface area contributed by atoms with Crippen molar-refractivity contribution in [2.45, 2.75) is 52.9 Å². The summed E-state index contributed by atoms with van der Waals surface area (Å²) in [5.74, 6) is 2.41. The lowest BCUT2D eigenvalue weighted by Gasteiger charge is -2.32. The first-order valence-electron chi connectivity index (χ1n) is 7.30. The van der Waals surface area contributed by atoms with Crippen LogP contribution in [0.15, 0.2) is 16.6 Å². The number of isothiocyanates is 1. The van der Waals surface area contributed by atoms with Crippen LogP contribution in [0.4, 0.5) is 0 Å². The van der Waals surface area contributed by atoms with Crippen molar-refractivity contribution in [3.8, 4) is 0 Å². The van der Waals surface area contributed by atoms with Crippen LogP contribution in [0.1, 0.15) is 52.9 Å². The molecule has 0 spiro atoms. The first kappa shape index (κ1) is 14.0. The fourth-order valence-electron chi connectivity index (χ4n) is 4.05. The highest BCUT2D eigenvalue weighted by Crippen LogP contribution is 2.54. The Morgan fingerprint density at radius 2 is 2.28 bits per heavy atom. The molecule has 0 amide bonds. The Labute approximate surface area is 117 Å². The number of nitrogens with zero attached hydrogens (tertiary/aromatic N) is 1. The van der Waals surface area contributed by atoms with Gasteiger partial charge in [0.15, 0.2) is 0 Å². The summed E-state index contributed by atoms with van der Waals surface area (Å²) in [7, 11) is 0. The summed E-state index contributed by atoms with van der Waals surface area (Å²) >= 11 is 4.69. The van der Waals surface area contributed by atoms with Crippen LogP contribution < -0.4 is 0 Å². The molecule has 18 heavy (non-hydrogen) atoms. The number of hydrogen-bond donors (Lipinski definition) is 0. The maximum absolute atomic E-state index is 4.69. The summed E-state index contributed by atoms with van der Waals surface area (Å²) in [6.07, 6.45) is 9.26. The quantitative estimate of drug-likeness (QED) is 0.401. The van der Waals surface area contributed by atoms with Gasteiger partial charge in [-0.1, -0.05) is 32.4 Å². The SMILES string of the molecule is CC(C)C1CCC2(C)CCCC(CN=C=S)=CC12. The summed E-state index contributed by atoms with van der Waals surface area (Å²) in [5.41, 5.74) is 2.03. The van der Waals surface area contributed by atoms with E-state index in [0.29, 0.717) is 5.41 Å². The lowest BCUT2D eigenvalue weighted by atomic mass is 9.72. The molecule has 0 aromatic rings. The first-order valence-corrected chi connectivity index (χ1v) is 7.71. The molecule has 0 aromatic carbocycles. The van der Waals surface area contributed by atoms with E-state index in [1.807, 2.05) is 0 Å². The second-order valence-corrected chi connectivity index (χ2v) is 6.89.